The van der Waals surface area contributed by atoms with E-state index in [4.69, 9.17) is 24.2 Å². The van der Waals surface area contributed by atoms with Gasteiger partial charge in [-0.05, 0) is 36.9 Å². The lowest BCUT2D eigenvalue weighted by atomic mass is 9.88. The Labute approximate surface area is 201 Å². The molecule has 15 heteroatoms. The Morgan fingerprint density at radius 3 is 2.03 bits per heavy atom. The number of aromatic nitrogens is 2. The molecule has 0 saturated carbocycles. The first-order chi connectivity index (χ1) is 16.6. The lowest BCUT2D eigenvalue weighted by molar-refractivity contribution is -0.193. The van der Waals surface area contributed by atoms with Crippen molar-refractivity contribution in [3.63, 3.8) is 0 Å². The van der Waals surface area contributed by atoms with Crippen molar-refractivity contribution < 1.29 is 50.6 Å². The minimum Gasteiger partial charge on any atom is -0.475 e. The third kappa shape index (κ3) is 9.53. The number of carbonyl (C=O) groups is 2. The number of piperidine rings is 1. The highest BCUT2D eigenvalue weighted by Gasteiger charge is 2.39. The molecule has 36 heavy (non-hydrogen) atoms. The molecule has 0 aliphatic carbocycles. The number of aryl methyl sites for hydroxylation is 1. The van der Waals surface area contributed by atoms with Crippen LogP contribution >= 0.6 is 0 Å². The van der Waals surface area contributed by atoms with Crippen molar-refractivity contribution >= 4 is 11.9 Å². The maximum absolute atomic E-state index is 10.6. The molecule has 4 rings (SSSR count). The molecule has 0 spiro atoms. The number of fused-ring (bicyclic) bond motifs is 1. The molecule has 0 unspecified atom stereocenters. The van der Waals surface area contributed by atoms with E-state index in [2.05, 4.69) is 27.2 Å². The van der Waals surface area contributed by atoms with Crippen molar-refractivity contribution in [3.8, 4) is 0 Å². The average molecular weight is 528 g/mol. The number of likely N-dealkylation sites (tertiary alicyclic amines) is 2. The van der Waals surface area contributed by atoms with Crippen molar-refractivity contribution in [1.29, 1.82) is 0 Å². The van der Waals surface area contributed by atoms with Crippen molar-refractivity contribution in [2.24, 2.45) is 18.9 Å². The summed E-state index contributed by atoms with van der Waals surface area (Å²) in [4.78, 5) is 22.9. The predicted octanol–water partition coefficient (Wildman–Crippen LogP) is 3.23. The zero-order chi connectivity index (χ0) is 27.1. The number of aliphatic carboxylic acids is 2. The van der Waals surface area contributed by atoms with Crippen LogP contribution in [0.1, 0.15) is 17.7 Å². The van der Waals surface area contributed by atoms with Crippen molar-refractivity contribution in [2.75, 3.05) is 26.2 Å². The number of furan rings is 1. The van der Waals surface area contributed by atoms with Crippen LogP contribution in [0.25, 0.3) is 0 Å². The molecule has 2 aliphatic heterocycles. The monoisotopic (exact) mass is 528 g/mol. The first-order valence-electron chi connectivity index (χ1n) is 10.7. The van der Waals surface area contributed by atoms with Crippen LogP contribution in [0.4, 0.5) is 26.3 Å². The van der Waals surface area contributed by atoms with E-state index in [-0.39, 0.29) is 0 Å². The molecule has 0 bridgehead atoms. The number of halogens is 6. The molecule has 0 aromatic carbocycles. The summed E-state index contributed by atoms with van der Waals surface area (Å²) in [7, 11) is 1.99. The molecule has 202 valence electrons. The van der Waals surface area contributed by atoms with Crippen LogP contribution in [0.15, 0.2) is 35.2 Å². The Morgan fingerprint density at radius 1 is 1.00 bits per heavy atom. The first kappa shape index (κ1) is 29.2. The van der Waals surface area contributed by atoms with Gasteiger partial charge >= 0.3 is 24.3 Å². The molecule has 2 N–H and O–H groups in total. The van der Waals surface area contributed by atoms with Gasteiger partial charge in [-0.2, -0.15) is 31.4 Å². The van der Waals surface area contributed by atoms with Gasteiger partial charge in [-0.25, -0.2) is 9.59 Å². The highest BCUT2D eigenvalue weighted by Crippen LogP contribution is 2.32. The lowest BCUT2D eigenvalue weighted by Gasteiger charge is -2.34. The topological polar surface area (TPSA) is 112 Å². The molecule has 2 saturated heterocycles. The Kier molecular flexibility index (Phi) is 9.93. The molecule has 9 nitrogen and oxygen atoms in total. The number of carboxylic acid groups (broad SMARTS) is 2. The summed E-state index contributed by atoms with van der Waals surface area (Å²) in [5.74, 6) is -2.76. The van der Waals surface area contributed by atoms with Crippen molar-refractivity contribution in [2.45, 2.75) is 31.9 Å². The SMILES string of the molecule is Cn1cc(CN2CC[C@@H]3CN(Cc4ccco4)C[C@@H]3C2)cn1.O=C(O)C(F)(F)F.O=C(O)C(F)(F)F. The number of rotatable bonds is 4. The van der Waals surface area contributed by atoms with Gasteiger partial charge in [0.25, 0.3) is 0 Å². The van der Waals surface area contributed by atoms with Gasteiger partial charge in [0.1, 0.15) is 5.76 Å². The largest absolute Gasteiger partial charge is 0.490 e. The molecule has 4 heterocycles. The minimum absolute atomic E-state index is 0.806. The lowest BCUT2D eigenvalue weighted by Crippen LogP contribution is -2.39. The van der Waals surface area contributed by atoms with E-state index in [1.807, 2.05) is 24.0 Å². The molecular weight excluding hydrogens is 502 g/mol. The summed E-state index contributed by atoms with van der Waals surface area (Å²) in [6, 6.07) is 4.06. The van der Waals surface area contributed by atoms with Crippen LogP contribution in [0.3, 0.4) is 0 Å². The quantitative estimate of drug-likeness (QED) is 0.582. The van der Waals surface area contributed by atoms with Gasteiger partial charge in [0.15, 0.2) is 0 Å². The maximum atomic E-state index is 10.6. The van der Waals surface area contributed by atoms with E-state index in [1.165, 1.54) is 38.2 Å². The smallest absolute Gasteiger partial charge is 0.475 e. The van der Waals surface area contributed by atoms with Gasteiger partial charge in [0.2, 0.25) is 0 Å². The van der Waals surface area contributed by atoms with Gasteiger partial charge in [-0.1, -0.05) is 0 Å². The van der Waals surface area contributed by atoms with Crippen LogP contribution in [0, 0.1) is 11.8 Å². The summed E-state index contributed by atoms with van der Waals surface area (Å²) in [6.45, 7) is 6.86. The highest BCUT2D eigenvalue weighted by molar-refractivity contribution is 5.73. The molecule has 2 aliphatic rings. The third-order valence-electron chi connectivity index (χ3n) is 5.57. The second-order valence-electron chi connectivity index (χ2n) is 8.45. The Hall–Kier alpha value is -3.07. The highest BCUT2D eigenvalue weighted by atomic mass is 19.4. The standard InChI is InChI=1S/C17H24N4O.2C2HF3O2/c1-19-8-14(7-18-19)9-20-5-4-15-10-21(12-16(15)11-20)13-17-3-2-6-22-17;2*3-2(4,5)1(6)7/h2-3,6-8,15-16H,4-5,9-13H2,1H3;2*(H,6,7)/t15-,16+;;/m1../s1. The van der Waals surface area contributed by atoms with Crippen LogP contribution < -0.4 is 0 Å². The summed E-state index contributed by atoms with van der Waals surface area (Å²) in [6.07, 6.45) is -2.96. The predicted molar refractivity (Wildman–Crippen MR) is 111 cm³/mol. The van der Waals surface area contributed by atoms with E-state index in [9.17, 15) is 26.3 Å². The van der Waals surface area contributed by atoms with Crippen LogP contribution in [0.5, 0.6) is 0 Å². The fraction of sp³-hybridized carbons (Fsp3) is 0.571. The number of alkyl halides is 6. The molecule has 0 radical (unpaired) electrons. The number of hydrogen-bond acceptors (Lipinski definition) is 6. The van der Waals surface area contributed by atoms with E-state index in [0.717, 1.165) is 30.7 Å². The van der Waals surface area contributed by atoms with E-state index in [1.54, 1.807) is 6.26 Å². The molecular formula is C21H26F6N4O5. The van der Waals surface area contributed by atoms with Gasteiger partial charge < -0.3 is 14.6 Å². The third-order valence-corrected chi connectivity index (χ3v) is 5.57. The molecule has 2 aromatic heterocycles. The molecule has 2 aromatic rings. The van der Waals surface area contributed by atoms with E-state index in [0.29, 0.717) is 0 Å². The van der Waals surface area contributed by atoms with Crippen molar-refractivity contribution in [1.82, 2.24) is 19.6 Å². The van der Waals surface area contributed by atoms with Gasteiger partial charge in [0.05, 0.1) is 19.0 Å². The molecule has 0 amide bonds. The van der Waals surface area contributed by atoms with Crippen LogP contribution in [-0.2, 0) is 29.7 Å². The number of nitrogens with zero attached hydrogens (tertiary/aromatic N) is 4. The maximum Gasteiger partial charge on any atom is 0.490 e. The summed E-state index contributed by atoms with van der Waals surface area (Å²) >= 11 is 0. The second kappa shape index (κ2) is 12.3. The first-order valence-corrected chi connectivity index (χ1v) is 10.7. The number of hydrogen-bond donors (Lipinski definition) is 2. The van der Waals surface area contributed by atoms with Crippen molar-refractivity contribution in [3.05, 3.63) is 42.1 Å². The minimum atomic E-state index is -5.08. The summed E-state index contributed by atoms with van der Waals surface area (Å²) in [5, 5.41) is 18.5. The fourth-order valence-corrected chi connectivity index (χ4v) is 4.05. The van der Waals surface area contributed by atoms with Gasteiger partial charge in [-0.3, -0.25) is 14.5 Å². The molecule has 2 atom stereocenters. The van der Waals surface area contributed by atoms with E-state index < -0.39 is 24.3 Å². The average Bonchev–Trinajstić information content (AvgIpc) is 3.49. The van der Waals surface area contributed by atoms with E-state index >= 15 is 0 Å². The zero-order valence-electron chi connectivity index (χ0n) is 19.2. The van der Waals surface area contributed by atoms with Gasteiger partial charge in [-0.15, -0.1) is 0 Å². The Bertz CT molecular complexity index is 952. The molecule has 2 fully saturated rings. The zero-order valence-corrected chi connectivity index (χ0v) is 19.2. The Morgan fingerprint density at radius 2 is 1.56 bits per heavy atom. The summed E-state index contributed by atoms with van der Waals surface area (Å²) < 4.78 is 70.9. The fourth-order valence-electron chi connectivity index (χ4n) is 4.05. The van der Waals surface area contributed by atoms with Crippen LogP contribution in [-0.4, -0.2) is 80.3 Å². The Balaban J connectivity index is 0.000000271. The normalized spacial score (nSPS) is 20.5. The van der Waals surface area contributed by atoms with Crippen LogP contribution in [0.2, 0.25) is 0 Å². The summed E-state index contributed by atoms with van der Waals surface area (Å²) in [5.41, 5.74) is 1.33. The number of carboxylic acids is 2. The second-order valence-corrected chi connectivity index (χ2v) is 8.45. The van der Waals surface area contributed by atoms with Gasteiger partial charge in [0, 0.05) is 45.0 Å².